The van der Waals surface area contributed by atoms with E-state index in [1.54, 1.807) is 36.4 Å². The molecule has 0 radical (unpaired) electrons. The van der Waals surface area contributed by atoms with E-state index in [0.717, 1.165) is 33.1 Å². The maximum Gasteiger partial charge on any atom is 0.278 e. The van der Waals surface area contributed by atoms with Crippen molar-refractivity contribution in [2.24, 2.45) is 9.98 Å². The number of methoxy groups -OCH3 is 1. The normalized spacial score (nSPS) is 18.8. The summed E-state index contributed by atoms with van der Waals surface area (Å²) < 4.78 is 68.6. The fraction of sp³-hybridized carbons (Fsp3) is 0.325. The molecule has 0 aromatic heterocycles. The Morgan fingerprint density at radius 1 is 1.00 bits per heavy atom. The second kappa shape index (κ2) is 16.4. The van der Waals surface area contributed by atoms with Gasteiger partial charge in [-0.1, -0.05) is 41.4 Å². The molecular formula is C40H46ClN6O7S2+. The van der Waals surface area contributed by atoms with Crippen LogP contribution in [0.3, 0.4) is 0 Å². The molecule has 13 nitrogen and oxygen atoms in total. The molecule has 2 N–H and O–H groups in total. The van der Waals surface area contributed by atoms with Gasteiger partial charge in [-0.25, -0.2) is 31.1 Å². The van der Waals surface area contributed by atoms with Crippen LogP contribution in [0.2, 0.25) is 5.02 Å². The fourth-order valence-electron chi connectivity index (χ4n) is 6.86. The minimum atomic E-state index is -4.20. The Morgan fingerprint density at radius 3 is 2.45 bits per heavy atom. The lowest BCUT2D eigenvalue weighted by atomic mass is 10.1. The third kappa shape index (κ3) is 8.76. The number of carbonyl (C=O) groups excluding carboxylic acids is 1. The molecule has 2 aliphatic heterocycles. The number of ether oxygens (including phenoxy) is 2. The van der Waals surface area contributed by atoms with E-state index < -0.39 is 26.0 Å². The zero-order valence-corrected chi connectivity index (χ0v) is 34.6. The molecule has 2 aliphatic rings. The van der Waals surface area contributed by atoms with Crippen molar-refractivity contribution in [3.8, 4) is 11.5 Å². The summed E-state index contributed by atoms with van der Waals surface area (Å²) in [5.41, 5.74) is 4.24. The summed E-state index contributed by atoms with van der Waals surface area (Å²) in [6.07, 6.45) is 1.73. The van der Waals surface area contributed by atoms with Crippen LogP contribution in [0.5, 0.6) is 11.5 Å². The summed E-state index contributed by atoms with van der Waals surface area (Å²) in [6, 6.07) is 22.5. The summed E-state index contributed by atoms with van der Waals surface area (Å²) >= 11 is 6.31. The number of unbranched alkanes of at least 4 members (excludes halogenated alkanes) is 1. The zero-order valence-electron chi connectivity index (χ0n) is 32.2. The summed E-state index contributed by atoms with van der Waals surface area (Å²) in [5.74, 6) is 0.192. The minimum absolute atomic E-state index is 0.0106. The van der Waals surface area contributed by atoms with Crippen LogP contribution in [-0.4, -0.2) is 84.4 Å². The zero-order chi connectivity index (χ0) is 40.4. The summed E-state index contributed by atoms with van der Waals surface area (Å²) in [4.78, 5) is 24.1. The van der Waals surface area contributed by atoms with Crippen molar-refractivity contribution >= 4 is 71.9 Å². The SMILES string of the molecule is CC[N+]1(c2ccc(N=C(C(=O)Nc3cc(Cl)ccc3OC)C3=Nc4ccccc4S(=O)(=O)N3CCCCOc3ccc(C)cc3C)c(C)c2)CC1NS(C)(=O)=O. The first-order valence-electron chi connectivity index (χ1n) is 18.2. The Hall–Kier alpha value is -4.80. The molecule has 0 saturated carbocycles. The highest BCUT2D eigenvalue weighted by Crippen LogP contribution is 2.40. The number of rotatable bonds is 15. The van der Waals surface area contributed by atoms with Gasteiger partial charge in [0.15, 0.2) is 18.1 Å². The number of halogens is 1. The molecule has 2 atom stereocenters. The smallest absolute Gasteiger partial charge is 0.278 e. The molecule has 2 unspecified atom stereocenters. The van der Waals surface area contributed by atoms with Crippen molar-refractivity contribution < 1.29 is 31.1 Å². The molecular weight excluding hydrogens is 776 g/mol. The second-order valence-corrected chi connectivity index (χ2v) is 18.0. The number of benzene rings is 4. The first-order chi connectivity index (χ1) is 26.6. The van der Waals surface area contributed by atoms with Crippen LogP contribution in [-0.2, 0) is 24.8 Å². The number of nitrogens with zero attached hydrogens (tertiary/aromatic N) is 4. The van der Waals surface area contributed by atoms with Crippen molar-refractivity contribution in [3.05, 3.63) is 101 Å². The molecule has 0 bridgehead atoms. The van der Waals surface area contributed by atoms with Crippen LogP contribution in [0.15, 0.2) is 93.7 Å². The maximum atomic E-state index is 14.5. The Kier molecular flexibility index (Phi) is 11.9. The number of amides is 1. The molecule has 1 fully saturated rings. The van der Waals surface area contributed by atoms with Gasteiger partial charge in [0.25, 0.3) is 15.9 Å². The van der Waals surface area contributed by atoms with Gasteiger partial charge >= 0.3 is 0 Å². The van der Waals surface area contributed by atoms with E-state index in [1.807, 2.05) is 58.0 Å². The van der Waals surface area contributed by atoms with E-state index in [-0.39, 0.29) is 40.5 Å². The number of hydrogen-bond acceptors (Lipinski definition) is 9. The number of aryl methyl sites for hydroxylation is 3. The Bertz CT molecular complexity index is 2460. The topological polar surface area (TPSA) is 156 Å². The number of aliphatic imine (C=N–C) groups is 2. The van der Waals surface area contributed by atoms with E-state index in [4.69, 9.17) is 31.1 Å². The Balaban J connectivity index is 1.39. The monoisotopic (exact) mass is 821 g/mol. The molecule has 56 heavy (non-hydrogen) atoms. The lowest BCUT2D eigenvalue weighted by molar-refractivity contribution is -0.110. The van der Waals surface area contributed by atoms with Gasteiger partial charge in [-0.2, -0.15) is 4.72 Å². The van der Waals surface area contributed by atoms with Gasteiger partial charge in [0.2, 0.25) is 16.2 Å². The number of amidine groups is 1. The number of carbonyl (C=O) groups is 1. The molecule has 1 amide bonds. The quantitative estimate of drug-likeness (QED) is 0.0579. The molecule has 6 rings (SSSR count). The van der Waals surface area contributed by atoms with Crippen LogP contribution in [0.25, 0.3) is 0 Å². The van der Waals surface area contributed by atoms with Crippen LogP contribution in [0, 0.1) is 20.8 Å². The van der Waals surface area contributed by atoms with Crippen molar-refractivity contribution in [1.29, 1.82) is 0 Å². The fourth-order valence-corrected chi connectivity index (χ4v) is 9.39. The molecule has 0 spiro atoms. The second-order valence-electron chi connectivity index (χ2n) is 14.0. The molecule has 2 heterocycles. The lowest BCUT2D eigenvalue weighted by Gasteiger charge is -2.30. The third-order valence-corrected chi connectivity index (χ3v) is 12.7. The number of nitrogens with one attached hydrogen (secondary N) is 2. The van der Waals surface area contributed by atoms with Gasteiger partial charge in [-0.3, -0.25) is 9.28 Å². The predicted octanol–water partition coefficient (Wildman–Crippen LogP) is 6.79. The molecule has 16 heteroatoms. The first-order valence-corrected chi connectivity index (χ1v) is 21.9. The molecule has 4 aromatic carbocycles. The van der Waals surface area contributed by atoms with E-state index in [9.17, 15) is 21.6 Å². The van der Waals surface area contributed by atoms with Gasteiger partial charge in [-0.05, 0) is 94.1 Å². The van der Waals surface area contributed by atoms with Crippen LogP contribution in [0.1, 0.15) is 36.5 Å². The molecule has 0 aliphatic carbocycles. The van der Waals surface area contributed by atoms with E-state index in [0.29, 0.717) is 59.0 Å². The average molecular weight is 822 g/mol. The van der Waals surface area contributed by atoms with E-state index in [1.165, 1.54) is 19.2 Å². The molecule has 1 saturated heterocycles. The van der Waals surface area contributed by atoms with E-state index in [2.05, 4.69) is 10.0 Å². The van der Waals surface area contributed by atoms with Crippen molar-refractivity contribution in [2.75, 3.05) is 44.9 Å². The number of anilines is 1. The lowest BCUT2D eigenvalue weighted by Crippen LogP contribution is -2.47. The highest BCUT2D eigenvalue weighted by Gasteiger charge is 2.57. The van der Waals surface area contributed by atoms with Gasteiger partial charge < -0.3 is 14.8 Å². The Morgan fingerprint density at radius 2 is 1.75 bits per heavy atom. The van der Waals surface area contributed by atoms with Crippen LogP contribution < -0.4 is 24.0 Å². The van der Waals surface area contributed by atoms with Crippen molar-refractivity contribution in [2.45, 2.75) is 51.6 Å². The van der Waals surface area contributed by atoms with Crippen molar-refractivity contribution in [3.63, 3.8) is 0 Å². The minimum Gasteiger partial charge on any atom is -0.495 e. The predicted molar refractivity (Wildman–Crippen MR) is 222 cm³/mol. The maximum absolute atomic E-state index is 14.5. The summed E-state index contributed by atoms with van der Waals surface area (Å²) in [5, 5.41) is 3.17. The highest BCUT2D eigenvalue weighted by atomic mass is 35.5. The van der Waals surface area contributed by atoms with Gasteiger partial charge in [0.1, 0.15) is 22.1 Å². The van der Waals surface area contributed by atoms with Gasteiger partial charge in [0.05, 0.1) is 43.6 Å². The average Bonchev–Trinajstić information content (AvgIpc) is 3.84. The standard InChI is InChI=1S/C40H45ClN6O7S2/c1-7-47(25-37(47)45-55(6,49)50)30-16-17-31(27(3)23-30)42-38(40(48)44-33-24-29(41)15-19-35(33)53-5)39-43-32-12-8-9-13-36(32)56(51,52)46(39)20-10-11-21-54-34-18-14-26(2)22-28(34)4/h8-9,12-19,22-24,37,45H,7,10-11,20-21,25H2,1-6H3/p+1. The number of hydrogen-bond donors (Lipinski definition) is 2. The van der Waals surface area contributed by atoms with Crippen LogP contribution >= 0.6 is 11.6 Å². The number of likely N-dealkylation sites (N-methyl/N-ethyl adjacent to an activating group) is 1. The van der Waals surface area contributed by atoms with Gasteiger partial charge in [-0.15, -0.1) is 0 Å². The third-order valence-electron chi connectivity index (χ3n) is 9.88. The Labute approximate surface area is 333 Å². The number of sulfonamides is 2. The molecule has 296 valence electrons. The van der Waals surface area contributed by atoms with E-state index >= 15 is 0 Å². The number of fused-ring (bicyclic) bond motifs is 1. The van der Waals surface area contributed by atoms with Crippen LogP contribution in [0.4, 0.5) is 22.7 Å². The van der Waals surface area contributed by atoms with Crippen molar-refractivity contribution in [1.82, 2.24) is 13.5 Å². The highest BCUT2D eigenvalue weighted by molar-refractivity contribution is 7.90. The summed E-state index contributed by atoms with van der Waals surface area (Å²) in [7, 11) is -6.17. The number of para-hydroxylation sites is 1. The molecule has 4 aromatic rings. The van der Waals surface area contributed by atoms with Gasteiger partial charge in [0, 0.05) is 23.7 Å². The summed E-state index contributed by atoms with van der Waals surface area (Å²) in [6.45, 7) is 9.36. The number of quaternary nitrogens is 1. The largest absolute Gasteiger partial charge is 0.495 e. The first kappa shape index (κ1) is 40.9.